The number of aromatic nitrogens is 2. The van der Waals surface area contributed by atoms with E-state index in [2.05, 4.69) is 46.6 Å². The molecule has 0 spiro atoms. The Hall–Kier alpha value is -3.09. The SMILES string of the molecule is Cc1cc(CN(C(=O)c2ccc3occc3c2)[C@@H](CC(C)C)C(=O)N(CC(C)C)CC(C)C)n(C)n1. The first-order valence-electron chi connectivity index (χ1n) is 13.0. The van der Waals surface area contributed by atoms with Crippen molar-refractivity contribution in [2.24, 2.45) is 24.8 Å². The highest BCUT2D eigenvalue weighted by atomic mass is 16.3. The Morgan fingerprint density at radius 2 is 1.64 bits per heavy atom. The normalized spacial score (nSPS) is 12.6. The van der Waals surface area contributed by atoms with Gasteiger partial charge in [0.25, 0.3) is 5.91 Å². The van der Waals surface area contributed by atoms with Gasteiger partial charge in [-0.05, 0) is 61.4 Å². The van der Waals surface area contributed by atoms with Gasteiger partial charge in [-0.15, -0.1) is 0 Å². The number of carbonyl (C=O) groups is 2. The summed E-state index contributed by atoms with van der Waals surface area (Å²) in [6.07, 6.45) is 2.21. The Balaban J connectivity index is 2.07. The van der Waals surface area contributed by atoms with Crippen molar-refractivity contribution in [1.82, 2.24) is 19.6 Å². The summed E-state index contributed by atoms with van der Waals surface area (Å²) < 4.78 is 7.27. The summed E-state index contributed by atoms with van der Waals surface area (Å²) in [4.78, 5) is 32.0. The third kappa shape index (κ3) is 6.77. The van der Waals surface area contributed by atoms with E-state index in [-0.39, 0.29) is 17.7 Å². The first-order chi connectivity index (χ1) is 17.0. The molecule has 36 heavy (non-hydrogen) atoms. The molecule has 0 saturated carbocycles. The molecule has 2 amide bonds. The second kappa shape index (κ2) is 11.8. The molecule has 1 aromatic carbocycles. The molecule has 0 aliphatic rings. The lowest BCUT2D eigenvalue weighted by Gasteiger charge is -2.37. The van der Waals surface area contributed by atoms with Crippen LogP contribution in [0.1, 0.15) is 69.7 Å². The molecule has 0 aliphatic heterocycles. The minimum atomic E-state index is -0.578. The van der Waals surface area contributed by atoms with Crippen LogP contribution in [0.2, 0.25) is 0 Å². The van der Waals surface area contributed by atoms with Crippen LogP contribution in [0.5, 0.6) is 0 Å². The lowest BCUT2D eigenvalue weighted by Crippen LogP contribution is -2.52. The van der Waals surface area contributed by atoms with Gasteiger partial charge in [-0.2, -0.15) is 5.10 Å². The molecular weight excluding hydrogens is 452 g/mol. The summed E-state index contributed by atoms with van der Waals surface area (Å²) in [7, 11) is 1.88. The zero-order chi connectivity index (χ0) is 26.6. The lowest BCUT2D eigenvalue weighted by atomic mass is 9.98. The number of furan rings is 1. The summed E-state index contributed by atoms with van der Waals surface area (Å²) in [6, 6.07) is 8.70. The maximum Gasteiger partial charge on any atom is 0.254 e. The molecule has 1 atom stereocenters. The summed E-state index contributed by atoms with van der Waals surface area (Å²) in [5.74, 6) is 0.756. The van der Waals surface area contributed by atoms with Gasteiger partial charge in [-0.3, -0.25) is 14.3 Å². The van der Waals surface area contributed by atoms with E-state index in [9.17, 15) is 9.59 Å². The van der Waals surface area contributed by atoms with Crippen molar-refractivity contribution in [3.8, 4) is 0 Å². The minimum absolute atomic E-state index is 0.0164. The molecule has 2 heterocycles. The van der Waals surface area contributed by atoms with Gasteiger partial charge in [0.2, 0.25) is 5.91 Å². The van der Waals surface area contributed by atoms with E-state index in [0.29, 0.717) is 43.5 Å². The Bertz CT molecular complexity index is 1160. The third-order valence-corrected chi connectivity index (χ3v) is 6.23. The molecule has 2 aromatic heterocycles. The summed E-state index contributed by atoms with van der Waals surface area (Å²) in [5.41, 5.74) is 3.05. The van der Waals surface area contributed by atoms with Crippen molar-refractivity contribution in [2.45, 2.75) is 67.5 Å². The predicted octanol–water partition coefficient (Wildman–Crippen LogP) is 5.67. The number of benzene rings is 1. The van der Waals surface area contributed by atoms with Crippen LogP contribution in [0.4, 0.5) is 0 Å². The standard InChI is InChI=1S/C29H42N4O3/c1-19(2)13-26(29(35)32(16-20(3)4)17-21(5)6)33(18-25-14-22(7)30-31(25)8)28(34)24-9-10-27-23(15-24)11-12-36-27/h9-12,14-15,19-21,26H,13,16-18H2,1-8H3/t26-/m0/s1. The lowest BCUT2D eigenvalue weighted by molar-refractivity contribution is -0.138. The summed E-state index contributed by atoms with van der Waals surface area (Å²) >= 11 is 0. The van der Waals surface area contributed by atoms with Crippen molar-refractivity contribution < 1.29 is 14.0 Å². The van der Waals surface area contributed by atoms with Crippen LogP contribution in [0, 0.1) is 24.7 Å². The van der Waals surface area contributed by atoms with Gasteiger partial charge in [-0.25, -0.2) is 0 Å². The summed E-state index contributed by atoms with van der Waals surface area (Å²) in [5, 5.41) is 5.35. The van der Waals surface area contributed by atoms with Gasteiger partial charge in [0, 0.05) is 31.1 Å². The molecule has 3 rings (SSSR count). The van der Waals surface area contributed by atoms with Gasteiger partial charge in [-0.1, -0.05) is 41.5 Å². The first-order valence-corrected chi connectivity index (χ1v) is 13.0. The van der Waals surface area contributed by atoms with Crippen molar-refractivity contribution >= 4 is 22.8 Å². The van der Waals surface area contributed by atoms with E-state index < -0.39 is 6.04 Å². The van der Waals surface area contributed by atoms with Gasteiger partial charge in [0.05, 0.1) is 24.2 Å². The van der Waals surface area contributed by atoms with E-state index in [1.165, 1.54) is 0 Å². The van der Waals surface area contributed by atoms with Crippen molar-refractivity contribution in [3.63, 3.8) is 0 Å². The van der Waals surface area contributed by atoms with E-state index >= 15 is 0 Å². The van der Waals surface area contributed by atoms with Crippen molar-refractivity contribution in [1.29, 1.82) is 0 Å². The number of amides is 2. The Morgan fingerprint density at radius 3 is 2.19 bits per heavy atom. The quantitative estimate of drug-likeness (QED) is 0.344. The Morgan fingerprint density at radius 1 is 0.972 bits per heavy atom. The maximum absolute atomic E-state index is 14.2. The van der Waals surface area contributed by atoms with E-state index in [1.807, 2.05) is 43.1 Å². The van der Waals surface area contributed by atoms with Crippen molar-refractivity contribution in [3.05, 3.63) is 53.5 Å². The van der Waals surface area contributed by atoms with Gasteiger partial charge >= 0.3 is 0 Å². The summed E-state index contributed by atoms with van der Waals surface area (Å²) in [6.45, 7) is 16.3. The zero-order valence-electron chi connectivity index (χ0n) is 23.1. The highest BCUT2D eigenvalue weighted by Crippen LogP contribution is 2.24. The van der Waals surface area contributed by atoms with Crippen LogP contribution >= 0.6 is 0 Å². The number of carbonyl (C=O) groups excluding carboxylic acids is 2. The second-order valence-electron chi connectivity index (χ2n) is 11.2. The zero-order valence-corrected chi connectivity index (χ0v) is 23.1. The molecule has 7 nitrogen and oxygen atoms in total. The fourth-order valence-corrected chi connectivity index (χ4v) is 4.73. The van der Waals surface area contributed by atoms with Crippen LogP contribution in [-0.4, -0.2) is 50.5 Å². The molecule has 196 valence electrons. The van der Waals surface area contributed by atoms with Crippen LogP contribution in [-0.2, 0) is 18.4 Å². The number of hydrogen-bond acceptors (Lipinski definition) is 4. The highest BCUT2D eigenvalue weighted by Gasteiger charge is 2.35. The molecule has 0 aliphatic carbocycles. The average molecular weight is 495 g/mol. The van der Waals surface area contributed by atoms with Crippen LogP contribution in [0.3, 0.4) is 0 Å². The average Bonchev–Trinajstić information content (AvgIpc) is 3.38. The van der Waals surface area contributed by atoms with Crippen LogP contribution < -0.4 is 0 Å². The van der Waals surface area contributed by atoms with Crippen LogP contribution in [0.15, 0.2) is 41.0 Å². The highest BCUT2D eigenvalue weighted by molar-refractivity contribution is 6.00. The molecule has 0 bridgehead atoms. The van der Waals surface area contributed by atoms with Gasteiger partial charge in [0.15, 0.2) is 0 Å². The molecule has 0 N–H and O–H groups in total. The maximum atomic E-state index is 14.2. The molecule has 0 radical (unpaired) electrons. The molecule has 7 heteroatoms. The molecule has 0 fully saturated rings. The topological polar surface area (TPSA) is 71.6 Å². The number of hydrogen-bond donors (Lipinski definition) is 0. The van der Waals surface area contributed by atoms with Gasteiger partial charge in [0.1, 0.15) is 11.6 Å². The Kier molecular flexibility index (Phi) is 8.98. The largest absolute Gasteiger partial charge is 0.464 e. The second-order valence-corrected chi connectivity index (χ2v) is 11.2. The predicted molar refractivity (Wildman–Crippen MR) is 144 cm³/mol. The molecule has 0 unspecified atom stereocenters. The van der Waals surface area contributed by atoms with E-state index in [4.69, 9.17) is 4.42 Å². The van der Waals surface area contributed by atoms with Crippen molar-refractivity contribution in [2.75, 3.05) is 13.1 Å². The number of nitrogens with zero attached hydrogens (tertiary/aromatic N) is 4. The first kappa shape index (κ1) is 27.5. The smallest absolute Gasteiger partial charge is 0.254 e. The molecule has 0 saturated heterocycles. The monoisotopic (exact) mass is 494 g/mol. The molecule has 3 aromatic rings. The van der Waals surface area contributed by atoms with Gasteiger partial charge < -0.3 is 14.2 Å². The third-order valence-electron chi connectivity index (χ3n) is 6.23. The van der Waals surface area contributed by atoms with E-state index in [0.717, 1.165) is 22.4 Å². The number of rotatable bonds is 11. The number of fused-ring (bicyclic) bond motifs is 1. The molecular formula is C29H42N4O3. The fourth-order valence-electron chi connectivity index (χ4n) is 4.73. The Labute approximate surface area is 215 Å². The fraction of sp³-hybridized carbons (Fsp3) is 0.552. The van der Waals surface area contributed by atoms with Crippen LogP contribution in [0.25, 0.3) is 11.0 Å². The minimum Gasteiger partial charge on any atom is -0.464 e. The number of aryl methyl sites for hydroxylation is 2. The van der Waals surface area contributed by atoms with E-state index in [1.54, 1.807) is 21.9 Å².